The molecule has 0 atom stereocenters. The molecule has 40 heavy (non-hydrogen) atoms. The van der Waals surface area contributed by atoms with E-state index in [1.807, 2.05) is 67.6 Å². The molecule has 2 heterocycles. The monoisotopic (exact) mass is 522 g/mol. The van der Waals surface area contributed by atoms with E-state index in [1.165, 1.54) is 0 Å². The molecule has 0 fully saturated rings. The standard InChI is InChI=1S/C33H22N4O3/c1-20-17-28-29(36-37(35-28)30-11-6-9-21-7-2-4-10-25(21)30)19-27(20)34-32(38)23-15-13-22(14-16-23)26-18-24-8-3-5-12-31(24)40-33(26)39/h2-19H,1H3,(H,34,38). The zero-order valence-corrected chi connectivity index (χ0v) is 21.5. The smallest absolute Gasteiger partial charge is 0.344 e. The Bertz CT molecular complexity index is 2140. The van der Waals surface area contributed by atoms with E-state index in [2.05, 4.69) is 17.4 Å². The van der Waals surface area contributed by atoms with Gasteiger partial charge in [-0.05, 0) is 65.9 Å². The molecule has 1 N–H and O–H groups in total. The van der Waals surface area contributed by atoms with Crippen LogP contribution in [0.2, 0.25) is 0 Å². The first-order valence-corrected chi connectivity index (χ1v) is 12.8. The van der Waals surface area contributed by atoms with E-state index in [4.69, 9.17) is 14.6 Å². The highest BCUT2D eigenvalue weighted by Crippen LogP contribution is 2.26. The molecule has 7 heteroatoms. The summed E-state index contributed by atoms with van der Waals surface area (Å²) in [6, 6.07) is 34.0. The second-order valence-electron chi connectivity index (χ2n) is 9.66. The van der Waals surface area contributed by atoms with Crippen LogP contribution in [0.4, 0.5) is 5.69 Å². The summed E-state index contributed by atoms with van der Waals surface area (Å²) in [5.74, 6) is -0.263. The lowest BCUT2D eigenvalue weighted by Crippen LogP contribution is -2.13. The van der Waals surface area contributed by atoms with Crippen LogP contribution in [0.15, 0.2) is 118 Å². The van der Waals surface area contributed by atoms with Gasteiger partial charge in [0.15, 0.2) is 0 Å². The fourth-order valence-corrected chi connectivity index (χ4v) is 4.95. The van der Waals surface area contributed by atoms with Crippen LogP contribution in [-0.2, 0) is 0 Å². The third kappa shape index (κ3) is 4.10. The highest BCUT2D eigenvalue weighted by Gasteiger charge is 2.14. The topological polar surface area (TPSA) is 90.0 Å². The molecular formula is C33H22N4O3. The van der Waals surface area contributed by atoms with Crippen molar-refractivity contribution in [2.45, 2.75) is 6.92 Å². The number of carbonyl (C=O) groups is 1. The molecule has 7 aromatic rings. The number of amides is 1. The third-order valence-corrected chi connectivity index (χ3v) is 7.06. The van der Waals surface area contributed by atoms with Gasteiger partial charge in [-0.25, -0.2) is 4.79 Å². The maximum Gasteiger partial charge on any atom is 0.344 e. The van der Waals surface area contributed by atoms with Gasteiger partial charge in [-0.2, -0.15) is 0 Å². The molecule has 2 aromatic heterocycles. The minimum Gasteiger partial charge on any atom is -0.422 e. The number of rotatable bonds is 4. The van der Waals surface area contributed by atoms with E-state index in [-0.39, 0.29) is 5.91 Å². The Kier molecular flexibility index (Phi) is 5.49. The molecule has 0 aliphatic rings. The molecule has 0 saturated heterocycles. The lowest BCUT2D eigenvalue weighted by molar-refractivity contribution is 0.102. The van der Waals surface area contributed by atoms with E-state index in [1.54, 1.807) is 41.2 Å². The van der Waals surface area contributed by atoms with E-state index in [0.717, 1.165) is 32.9 Å². The van der Waals surface area contributed by atoms with E-state index >= 15 is 0 Å². The summed E-state index contributed by atoms with van der Waals surface area (Å²) in [5, 5.41) is 15.4. The molecule has 0 radical (unpaired) electrons. The van der Waals surface area contributed by atoms with Crippen LogP contribution < -0.4 is 10.9 Å². The van der Waals surface area contributed by atoms with E-state index in [0.29, 0.717) is 33.5 Å². The maximum absolute atomic E-state index is 13.1. The Balaban J connectivity index is 1.16. The SMILES string of the molecule is Cc1cc2nn(-c3cccc4ccccc34)nc2cc1NC(=O)c1ccc(-c2cc3ccccc3oc2=O)cc1. The number of anilines is 1. The number of aromatic nitrogens is 3. The van der Waals surface area contributed by atoms with Gasteiger partial charge in [0.2, 0.25) is 0 Å². The van der Waals surface area contributed by atoms with Gasteiger partial charge in [0, 0.05) is 22.0 Å². The average molecular weight is 523 g/mol. The van der Waals surface area contributed by atoms with Crippen molar-refractivity contribution < 1.29 is 9.21 Å². The van der Waals surface area contributed by atoms with Crippen LogP contribution in [0.1, 0.15) is 15.9 Å². The Hall–Kier alpha value is -5.56. The van der Waals surface area contributed by atoms with E-state index < -0.39 is 5.63 Å². The summed E-state index contributed by atoms with van der Waals surface area (Å²) in [6.45, 7) is 1.92. The van der Waals surface area contributed by atoms with Crippen molar-refractivity contribution in [1.29, 1.82) is 0 Å². The predicted octanol–water partition coefficient (Wildman–Crippen LogP) is 6.91. The minimum absolute atomic E-state index is 0.263. The van der Waals surface area contributed by atoms with Crippen molar-refractivity contribution in [3.63, 3.8) is 0 Å². The average Bonchev–Trinajstić information content (AvgIpc) is 3.39. The number of carbonyl (C=O) groups excluding carboxylic acids is 1. The fraction of sp³-hybridized carbons (Fsp3) is 0.0303. The molecule has 1 amide bonds. The quantitative estimate of drug-likeness (QED) is 0.254. The summed E-state index contributed by atoms with van der Waals surface area (Å²) in [7, 11) is 0. The molecule has 5 aromatic carbocycles. The molecule has 0 spiro atoms. The molecule has 0 aliphatic heterocycles. The number of fused-ring (bicyclic) bond motifs is 3. The number of benzene rings is 5. The van der Waals surface area contributed by atoms with Crippen LogP contribution in [-0.4, -0.2) is 20.9 Å². The molecular weight excluding hydrogens is 500 g/mol. The van der Waals surface area contributed by atoms with Gasteiger partial charge in [0.05, 0.1) is 11.3 Å². The highest BCUT2D eigenvalue weighted by atomic mass is 16.4. The molecule has 0 saturated carbocycles. The van der Waals surface area contributed by atoms with Gasteiger partial charge < -0.3 is 9.73 Å². The van der Waals surface area contributed by atoms with Gasteiger partial charge in [-0.1, -0.05) is 66.7 Å². The second kappa shape index (κ2) is 9.32. The van der Waals surface area contributed by atoms with Crippen molar-refractivity contribution in [3.8, 4) is 16.8 Å². The van der Waals surface area contributed by atoms with Gasteiger partial charge in [-0.3, -0.25) is 4.79 Å². The normalized spacial score (nSPS) is 11.3. The lowest BCUT2D eigenvalue weighted by atomic mass is 10.0. The van der Waals surface area contributed by atoms with Gasteiger partial charge in [0.1, 0.15) is 16.6 Å². The van der Waals surface area contributed by atoms with Crippen molar-refractivity contribution in [2.75, 3.05) is 5.32 Å². The van der Waals surface area contributed by atoms with Crippen LogP contribution >= 0.6 is 0 Å². The first-order chi connectivity index (χ1) is 19.5. The van der Waals surface area contributed by atoms with Gasteiger partial charge in [-0.15, -0.1) is 15.0 Å². The Morgan fingerprint density at radius 2 is 1.48 bits per heavy atom. The Labute approximate surface area is 228 Å². The molecule has 0 unspecified atom stereocenters. The summed E-state index contributed by atoms with van der Waals surface area (Å²) in [5.41, 5.74) is 5.53. The number of nitrogens with one attached hydrogen (secondary N) is 1. The first kappa shape index (κ1) is 23.5. The van der Waals surface area contributed by atoms with E-state index in [9.17, 15) is 9.59 Å². The largest absolute Gasteiger partial charge is 0.422 e. The molecule has 0 aliphatic carbocycles. The molecule has 7 nitrogen and oxygen atoms in total. The van der Waals surface area contributed by atoms with Crippen molar-refractivity contribution in [2.24, 2.45) is 0 Å². The minimum atomic E-state index is -0.420. The van der Waals surface area contributed by atoms with Crippen LogP contribution in [0, 0.1) is 6.92 Å². The zero-order chi connectivity index (χ0) is 27.2. The Morgan fingerprint density at radius 1 is 0.775 bits per heavy atom. The molecule has 192 valence electrons. The second-order valence-corrected chi connectivity index (χ2v) is 9.66. The van der Waals surface area contributed by atoms with Crippen LogP contribution in [0.5, 0.6) is 0 Å². The van der Waals surface area contributed by atoms with Crippen molar-refractivity contribution >= 4 is 44.4 Å². The number of aryl methyl sites for hydroxylation is 1. The highest BCUT2D eigenvalue weighted by molar-refractivity contribution is 6.05. The molecule has 7 rings (SSSR count). The van der Waals surface area contributed by atoms with Crippen LogP contribution in [0.3, 0.4) is 0 Å². The predicted molar refractivity (Wildman–Crippen MR) is 157 cm³/mol. The summed E-state index contributed by atoms with van der Waals surface area (Å²) in [6.07, 6.45) is 0. The summed E-state index contributed by atoms with van der Waals surface area (Å²) in [4.78, 5) is 27.3. The number of nitrogens with zero attached hydrogens (tertiary/aromatic N) is 3. The Morgan fingerprint density at radius 3 is 2.30 bits per heavy atom. The number of para-hydroxylation sites is 1. The third-order valence-electron chi connectivity index (χ3n) is 7.06. The number of hydrogen-bond acceptors (Lipinski definition) is 5. The van der Waals surface area contributed by atoms with Crippen molar-refractivity contribution in [1.82, 2.24) is 15.0 Å². The van der Waals surface area contributed by atoms with Crippen molar-refractivity contribution in [3.05, 3.63) is 131 Å². The van der Waals surface area contributed by atoms with Gasteiger partial charge in [0.25, 0.3) is 5.91 Å². The maximum atomic E-state index is 13.1. The molecule has 0 bridgehead atoms. The fourth-order valence-electron chi connectivity index (χ4n) is 4.95. The first-order valence-electron chi connectivity index (χ1n) is 12.8. The lowest BCUT2D eigenvalue weighted by Gasteiger charge is -2.09. The summed E-state index contributed by atoms with van der Waals surface area (Å²) >= 11 is 0. The number of hydrogen-bond donors (Lipinski definition) is 1. The zero-order valence-electron chi connectivity index (χ0n) is 21.5. The summed E-state index contributed by atoms with van der Waals surface area (Å²) < 4.78 is 5.46. The van der Waals surface area contributed by atoms with Crippen LogP contribution in [0.25, 0.3) is 49.6 Å². The van der Waals surface area contributed by atoms with Gasteiger partial charge >= 0.3 is 5.63 Å².